The van der Waals surface area contributed by atoms with Crippen molar-refractivity contribution in [3.05, 3.63) is 11.9 Å². The van der Waals surface area contributed by atoms with Gasteiger partial charge < -0.3 is 10.3 Å². The van der Waals surface area contributed by atoms with Gasteiger partial charge in [-0.25, -0.2) is 15.8 Å². The van der Waals surface area contributed by atoms with Crippen LogP contribution in [-0.4, -0.2) is 22.6 Å². The van der Waals surface area contributed by atoms with Crippen molar-refractivity contribution in [3.8, 4) is 0 Å². The molecule has 1 fully saturated rings. The number of nitrogen functional groups attached to an aromatic ring is 1. The summed E-state index contributed by atoms with van der Waals surface area (Å²) in [4.78, 5) is 11.3. The molecule has 1 atom stereocenters. The van der Waals surface area contributed by atoms with Crippen molar-refractivity contribution in [2.45, 2.75) is 45.6 Å². The maximum Gasteiger partial charge on any atom is 0.145 e. The fourth-order valence-corrected chi connectivity index (χ4v) is 2.31. The minimum absolute atomic E-state index is 0.560. The van der Waals surface area contributed by atoms with E-state index in [2.05, 4.69) is 34.1 Å². The van der Waals surface area contributed by atoms with Gasteiger partial charge in [0, 0.05) is 25.1 Å². The summed E-state index contributed by atoms with van der Waals surface area (Å²) >= 11 is 0. The Morgan fingerprint density at radius 3 is 2.94 bits per heavy atom. The standard InChI is InChI=1S/C12H21N5/c1-3-5-10-14-11(16-13)8-12(15-10)17-7-4-6-9(17)2/h8-9H,3-7,13H2,1-2H3,(H,14,15,16). The number of hydrogen-bond donors (Lipinski definition) is 2. The molecule has 3 N–H and O–H groups in total. The highest BCUT2D eigenvalue weighted by Crippen LogP contribution is 2.25. The second-order valence-corrected chi connectivity index (χ2v) is 4.61. The van der Waals surface area contributed by atoms with E-state index in [1.165, 1.54) is 12.8 Å². The first-order valence-electron chi connectivity index (χ1n) is 6.35. The summed E-state index contributed by atoms with van der Waals surface area (Å²) in [6.07, 6.45) is 4.41. The maximum atomic E-state index is 5.46. The molecule has 0 aliphatic carbocycles. The third-order valence-electron chi connectivity index (χ3n) is 3.23. The van der Waals surface area contributed by atoms with E-state index in [1.807, 2.05) is 6.07 Å². The van der Waals surface area contributed by atoms with Crippen molar-refractivity contribution < 1.29 is 0 Å². The van der Waals surface area contributed by atoms with Crippen LogP contribution in [0.3, 0.4) is 0 Å². The molecular formula is C12H21N5. The molecule has 0 radical (unpaired) electrons. The summed E-state index contributed by atoms with van der Waals surface area (Å²) in [5.74, 6) is 8.04. The largest absolute Gasteiger partial charge is 0.354 e. The van der Waals surface area contributed by atoms with Gasteiger partial charge in [0.1, 0.15) is 17.5 Å². The summed E-state index contributed by atoms with van der Waals surface area (Å²) in [6, 6.07) is 2.49. The van der Waals surface area contributed by atoms with Crippen LogP contribution in [0.5, 0.6) is 0 Å². The number of nitrogens with zero attached hydrogens (tertiary/aromatic N) is 3. The summed E-state index contributed by atoms with van der Waals surface area (Å²) in [6.45, 7) is 5.45. The summed E-state index contributed by atoms with van der Waals surface area (Å²) in [5.41, 5.74) is 2.63. The third-order valence-corrected chi connectivity index (χ3v) is 3.23. The van der Waals surface area contributed by atoms with Crippen LogP contribution in [0.1, 0.15) is 38.9 Å². The number of aryl methyl sites for hydroxylation is 1. The Balaban J connectivity index is 2.28. The summed E-state index contributed by atoms with van der Waals surface area (Å²) in [7, 11) is 0. The molecule has 0 amide bonds. The average molecular weight is 235 g/mol. The maximum absolute atomic E-state index is 5.46. The normalized spacial score (nSPS) is 19.7. The number of aromatic nitrogens is 2. The molecule has 1 aliphatic heterocycles. The van der Waals surface area contributed by atoms with Gasteiger partial charge in [-0.15, -0.1) is 0 Å². The highest BCUT2D eigenvalue weighted by molar-refractivity contribution is 5.50. The van der Waals surface area contributed by atoms with Crippen LogP contribution in [0, 0.1) is 0 Å². The zero-order valence-electron chi connectivity index (χ0n) is 10.6. The van der Waals surface area contributed by atoms with Crippen LogP contribution < -0.4 is 16.2 Å². The lowest BCUT2D eigenvalue weighted by atomic mass is 10.2. The van der Waals surface area contributed by atoms with Gasteiger partial charge in [0.25, 0.3) is 0 Å². The van der Waals surface area contributed by atoms with E-state index >= 15 is 0 Å². The zero-order chi connectivity index (χ0) is 12.3. The number of rotatable bonds is 4. The smallest absolute Gasteiger partial charge is 0.145 e. The molecule has 2 heterocycles. The van der Waals surface area contributed by atoms with Crippen LogP contribution >= 0.6 is 0 Å². The molecular weight excluding hydrogens is 214 g/mol. The van der Waals surface area contributed by atoms with Gasteiger partial charge in [0.05, 0.1) is 0 Å². The molecule has 2 rings (SSSR count). The van der Waals surface area contributed by atoms with Crippen LogP contribution in [0.15, 0.2) is 6.07 Å². The summed E-state index contributed by atoms with van der Waals surface area (Å²) < 4.78 is 0. The zero-order valence-corrected chi connectivity index (χ0v) is 10.6. The van der Waals surface area contributed by atoms with E-state index in [0.29, 0.717) is 11.9 Å². The Hall–Kier alpha value is -1.36. The van der Waals surface area contributed by atoms with E-state index in [9.17, 15) is 0 Å². The van der Waals surface area contributed by atoms with E-state index in [4.69, 9.17) is 5.84 Å². The molecule has 1 saturated heterocycles. The van der Waals surface area contributed by atoms with Crippen molar-refractivity contribution in [2.75, 3.05) is 16.9 Å². The molecule has 1 aliphatic rings. The lowest BCUT2D eigenvalue weighted by Gasteiger charge is -2.23. The molecule has 1 aromatic heterocycles. The first kappa shape index (κ1) is 12.1. The number of nitrogens with one attached hydrogen (secondary N) is 1. The van der Waals surface area contributed by atoms with Crippen molar-refractivity contribution in [1.82, 2.24) is 9.97 Å². The van der Waals surface area contributed by atoms with Gasteiger partial charge >= 0.3 is 0 Å². The number of anilines is 2. The number of hydrogen-bond acceptors (Lipinski definition) is 5. The van der Waals surface area contributed by atoms with Gasteiger partial charge in [-0.3, -0.25) is 0 Å². The monoisotopic (exact) mass is 235 g/mol. The van der Waals surface area contributed by atoms with E-state index in [-0.39, 0.29) is 0 Å². The Morgan fingerprint density at radius 2 is 2.35 bits per heavy atom. The second-order valence-electron chi connectivity index (χ2n) is 4.61. The quantitative estimate of drug-likeness (QED) is 0.614. The molecule has 5 nitrogen and oxygen atoms in total. The predicted octanol–water partition coefficient (Wildman–Crippen LogP) is 1.70. The minimum Gasteiger partial charge on any atom is -0.354 e. The molecule has 17 heavy (non-hydrogen) atoms. The van der Waals surface area contributed by atoms with Gasteiger partial charge in [-0.05, 0) is 26.2 Å². The average Bonchev–Trinajstić information content (AvgIpc) is 2.75. The topological polar surface area (TPSA) is 67.1 Å². The first-order chi connectivity index (χ1) is 8.24. The number of nitrogens with two attached hydrogens (primary N) is 1. The highest BCUT2D eigenvalue weighted by Gasteiger charge is 2.22. The Labute approximate surface area is 102 Å². The van der Waals surface area contributed by atoms with Crippen molar-refractivity contribution in [2.24, 2.45) is 5.84 Å². The van der Waals surface area contributed by atoms with Crippen molar-refractivity contribution in [1.29, 1.82) is 0 Å². The third kappa shape index (κ3) is 2.66. The van der Waals surface area contributed by atoms with Gasteiger partial charge in [0.15, 0.2) is 0 Å². The first-order valence-corrected chi connectivity index (χ1v) is 6.35. The molecule has 0 saturated carbocycles. The molecule has 1 unspecified atom stereocenters. The predicted molar refractivity (Wildman–Crippen MR) is 69.9 cm³/mol. The van der Waals surface area contributed by atoms with Crippen molar-refractivity contribution in [3.63, 3.8) is 0 Å². The fraction of sp³-hybridized carbons (Fsp3) is 0.667. The van der Waals surface area contributed by atoms with Crippen LogP contribution in [0.25, 0.3) is 0 Å². The molecule has 0 spiro atoms. The molecule has 0 aromatic carbocycles. The van der Waals surface area contributed by atoms with Gasteiger partial charge in [0.2, 0.25) is 0 Å². The van der Waals surface area contributed by atoms with Gasteiger partial charge in [-0.2, -0.15) is 0 Å². The SMILES string of the molecule is CCCc1nc(NN)cc(N2CCCC2C)n1. The molecule has 1 aromatic rings. The lowest BCUT2D eigenvalue weighted by Crippen LogP contribution is -2.28. The lowest BCUT2D eigenvalue weighted by molar-refractivity contribution is 0.719. The fourth-order valence-electron chi connectivity index (χ4n) is 2.31. The molecule has 5 heteroatoms. The minimum atomic E-state index is 0.560. The summed E-state index contributed by atoms with van der Waals surface area (Å²) in [5, 5.41) is 0. The highest BCUT2D eigenvalue weighted by atomic mass is 15.3. The Morgan fingerprint density at radius 1 is 1.53 bits per heavy atom. The Kier molecular flexibility index (Phi) is 3.78. The van der Waals surface area contributed by atoms with Gasteiger partial charge in [-0.1, -0.05) is 6.92 Å². The Bertz CT molecular complexity index is 379. The molecule has 94 valence electrons. The van der Waals surface area contributed by atoms with Crippen LogP contribution in [0.2, 0.25) is 0 Å². The van der Waals surface area contributed by atoms with E-state index < -0.39 is 0 Å². The van der Waals surface area contributed by atoms with E-state index in [0.717, 1.165) is 31.0 Å². The van der Waals surface area contributed by atoms with Crippen molar-refractivity contribution >= 4 is 11.6 Å². The van der Waals surface area contributed by atoms with Crippen LogP contribution in [0.4, 0.5) is 11.6 Å². The van der Waals surface area contributed by atoms with Crippen LogP contribution in [-0.2, 0) is 6.42 Å². The second kappa shape index (κ2) is 5.31. The molecule has 0 bridgehead atoms. The number of hydrazine groups is 1. The van der Waals surface area contributed by atoms with E-state index in [1.54, 1.807) is 0 Å².